The molecule has 2 aromatic rings. The number of carbonyl (C=O) groups excluding carboxylic acids is 1. The third kappa shape index (κ3) is 4.37. The van der Waals surface area contributed by atoms with Gasteiger partial charge in [-0.05, 0) is 48.4 Å². The summed E-state index contributed by atoms with van der Waals surface area (Å²) in [5, 5.41) is 6.35. The predicted molar refractivity (Wildman–Crippen MR) is 104 cm³/mol. The smallest absolute Gasteiger partial charge is 0.315 e. The fourth-order valence-electron chi connectivity index (χ4n) is 3.51. The van der Waals surface area contributed by atoms with Crippen LogP contribution in [0.5, 0.6) is 5.75 Å². The van der Waals surface area contributed by atoms with Gasteiger partial charge in [-0.3, -0.25) is 0 Å². The molecule has 2 atom stereocenters. The molecule has 26 heavy (non-hydrogen) atoms. The summed E-state index contributed by atoms with van der Waals surface area (Å²) in [5.74, 6) is 1.35. The van der Waals surface area contributed by atoms with Crippen molar-refractivity contribution in [2.45, 2.75) is 44.7 Å². The number of methoxy groups -OCH3 is 1. The van der Waals surface area contributed by atoms with E-state index in [0.717, 1.165) is 17.7 Å². The highest BCUT2D eigenvalue weighted by atomic mass is 16.5. The van der Waals surface area contributed by atoms with Crippen LogP contribution in [0.4, 0.5) is 4.79 Å². The molecule has 0 bridgehead atoms. The van der Waals surface area contributed by atoms with E-state index in [1.165, 1.54) is 24.8 Å². The van der Waals surface area contributed by atoms with Gasteiger partial charge in [-0.25, -0.2) is 4.79 Å². The molecule has 0 spiro atoms. The Bertz CT molecular complexity index is 696. The molecule has 0 saturated heterocycles. The second-order valence-corrected chi connectivity index (χ2v) is 6.93. The zero-order valence-electron chi connectivity index (χ0n) is 15.6. The van der Waals surface area contributed by atoms with Gasteiger partial charge in [-0.1, -0.05) is 55.8 Å². The van der Waals surface area contributed by atoms with Gasteiger partial charge in [-0.2, -0.15) is 0 Å². The Balaban J connectivity index is 1.66. The third-order valence-electron chi connectivity index (χ3n) is 5.30. The number of urea groups is 1. The first kappa shape index (κ1) is 18.3. The van der Waals surface area contributed by atoms with Crippen molar-refractivity contribution < 1.29 is 9.53 Å². The van der Waals surface area contributed by atoms with Crippen LogP contribution in [0.25, 0.3) is 0 Å². The highest BCUT2D eigenvalue weighted by molar-refractivity contribution is 5.75. The minimum absolute atomic E-state index is 0.0151. The van der Waals surface area contributed by atoms with Crippen LogP contribution < -0.4 is 15.4 Å². The van der Waals surface area contributed by atoms with Crippen LogP contribution in [-0.4, -0.2) is 13.1 Å². The Hall–Kier alpha value is -2.49. The van der Waals surface area contributed by atoms with Crippen molar-refractivity contribution in [2.75, 3.05) is 7.11 Å². The second kappa shape index (κ2) is 8.75. The van der Waals surface area contributed by atoms with E-state index < -0.39 is 0 Å². The summed E-state index contributed by atoms with van der Waals surface area (Å²) in [6.07, 6.45) is 4.44. The number of amides is 2. The largest absolute Gasteiger partial charge is 0.497 e. The Morgan fingerprint density at radius 1 is 1.04 bits per heavy atom. The van der Waals surface area contributed by atoms with Gasteiger partial charge in [0.05, 0.1) is 19.2 Å². The quantitative estimate of drug-likeness (QED) is 0.738. The molecule has 2 N–H and O–H groups in total. The zero-order chi connectivity index (χ0) is 18.4. The third-order valence-corrected chi connectivity index (χ3v) is 5.30. The van der Waals surface area contributed by atoms with E-state index in [2.05, 4.69) is 29.7 Å². The first-order valence-corrected chi connectivity index (χ1v) is 9.47. The molecule has 3 rings (SSSR count). The molecule has 138 valence electrons. The summed E-state index contributed by atoms with van der Waals surface area (Å²) >= 11 is 0. The van der Waals surface area contributed by atoms with Crippen molar-refractivity contribution in [3.63, 3.8) is 0 Å². The molecule has 1 fully saturated rings. The van der Waals surface area contributed by atoms with Gasteiger partial charge >= 0.3 is 6.03 Å². The Morgan fingerprint density at radius 2 is 1.73 bits per heavy atom. The Kier molecular flexibility index (Phi) is 6.16. The van der Waals surface area contributed by atoms with Crippen molar-refractivity contribution >= 4 is 6.03 Å². The molecule has 1 aliphatic carbocycles. The number of ether oxygens (including phenoxy) is 1. The molecule has 0 aliphatic heterocycles. The van der Waals surface area contributed by atoms with Crippen LogP contribution in [0.15, 0.2) is 54.6 Å². The van der Waals surface area contributed by atoms with E-state index >= 15 is 0 Å². The van der Waals surface area contributed by atoms with Crippen molar-refractivity contribution in [2.24, 2.45) is 5.92 Å². The van der Waals surface area contributed by atoms with Crippen molar-refractivity contribution in [1.82, 2.24) is 10.6 Å². The minimum Gasteiger partial charge on any atom is -0.497 e. The first-order chi connectivity index (χ1) is 12.7. The number of hydrogen-bond donors (Lipinski definition) is 2. The number of carbonyl (C=O) groups is 1. The lowest BCUT2D eigenvalue weighted by atomic mass is 9.77. The van der Waals surface area contributed by atoms with E-state index in [0.29, 0.717) is 5.92 Å². The zero-order valence-corrected chi connectivity index (χ0v) is 15.6. The van der Waals surface area contributed by atoms with Crippen LogP contribution in [0, 0.1) is 5.92 Å². The molecule has 2 unspecified atom stereocenters. The summed E-state index contributed by atoms with van der Waals surface area (Å²) < 4.78 is 5.21. The van der Waals surface area contributed by atoms with Crippen LogP contribution in [0.2, 0.25) is 0 Å². The topological polar surface area (TPSA) is 50.4 Å². The van der Waals surface area contributed by atoms with Gasteiger partial charge in [0.2, 0.25) is 0 Å². The molecule has 2 amide bonds. The molecule has 4 heteroatoms. The maximum Gasteiger partial charge on any atom is 0.315 e. The monoisotopic (exact) mass is 352 g/mol. The summed E-state index contributed by atoms with van der Waals surface area (Å²) in [7, 11) is 1.65. The van der Waals surface area contributed by atoms with Crippen LogP contribution in [0.3, 0.4) is 0 Å². The molecular formula is C22H28N2O2. The summed E-state index contributed by atoms with van der Waals surface area (Å²) in [6.45, 7) is 2.08. The maximum atomic E-state index is 12.7. The van der Waals surface area contributed by atoms with Crippen molar-refractivity contribution in [3.8, 4) is 5.75 Å². The average molecular weight is 352 g/mol. The second-order valence-electron chi connectivity index (χ2n) is 6.93. The molecule has 1 aliphatic rings. The summed E-state index contributed by atoms with van der Waals surface area (Å²) in [5.41, 5.74) is 2.27. The van der Waals surface area contributed by atoms with Crippen molar-refractivity contribution in [3.05, 3.63) is 65.7 Å². The molecule has 1 saturated carbocycles. The number of hydrogen-bond acceptors (Lipinski definition) is 2. The van der Waals surface area contributed by atoms with Gasteiger partial charge in [0.25, 0.3) is 0 Å². The lowest BCUT2D eigenvalue weighted by Gasteiger charge is -2.35. The predicted octanol–water partition coefficient (Wildman–Crippen LogP) is 4.99. The fourth-order valence-corrected chi connectivity index (χ4v) is 3.51. The van der Waals surface area contributed by atoms with Crippen LogP contribution in [0.1, 0.15) is 55.8 Å². The van der Waals surface area contributed by atoms with Gasteiger partial charge in [0.15, 0.2) is 0 Å². The average Bonchev–Trinajstić information content (AvgIpc) is 2.65. The standard InChI is InChI=1S/C22H28N2O2/c1-3-20(16-12-14-19(26-2)15-13-16)23-22(25)24-21(18-10-7-11-18)17-8-5-4-6-9-17/h4-6,8-9,12-15,18,20-21H,3,7,10-11H2,1-2H3,(H2,23,24,25). The van der Waals surface area contributed by atoms with Gasteiger partial charge < -0.3 is 15.4 Å². The number of benzene rings is 2. The van der Waals surface area contributed by atoms with Crippen LogP contribution >= 0.6 is 0 Å². The summed E-state index contributed by atoms with van der Waals surface area (Å²) in [4.78, 5) is 12.7. The normalized spacial score (nSPS) is 16.2. The molecule has 0 aromatic heterocycles. The Labute approximate surface area is 156 Å². The molecular weight excluding hydrogens is 324 g/mol. The van der Waals surface area contributed by atoms with Gasteiger partial charge in [0, 0.05) is 0 Å². The Morgan fingerprint density at radius 3 is 2.27 bits per heavy atom. The number of nitrogens with one attached hydrogen (secondary N) is 2. The number of rotatable bonds is 7. The minimum atomic E-state index is -0.103. The van der Waals surface area contributed by atoms with Gasteiger partial charge in [0.1, 0.15) is 5.75 Å². The molecule has 0 heterocycles. The maximum absolute atomic E-state index is 12.7. The highest BCUT2D eigenvalue weighted by Gasteiger charge is 2.30. The van der Waals surface area contributed by atoms with Crippen LogP contribution in [-0.2, 0) is 0 Å². The van der Waals surface area contributed by atoms with E-state index in [-0.39, 0.29) is 18.1 Å². The fraction of sp³-hybridized carbons (Fsp3) is 0.409. The molecule has 4 nitrogen and oxygen atoms in total. The first-order valence-electron chi connectivity index (χ1n) is 9.47. The van der Waals surface area contributed by atoms with E-state index in [4.69, 9.17) is 4.74 Å². The van der Waals surface area contributed by atoms with E-state index in [9.17, 15) is 4.79 Å². The van der Waals surface area contributed by atoms with E-state index in [1.54, 1.807) is 7.11 Å². The van der Waals surface area contributed by atoms with Crippen molar-refractivity contribution in [1.29, 1.82) is 0 Å². The SMILES string of the molecule is CCC(NC(=O)NC(c1ccccc1)C1CCC1)c1ccc(OC)cc1. The highest BCUT2D eigenvalue weighted by Crippen LogP contribution is 2.37. The van der Waals surface area contributed by atoms with Gasteiger partial charge in [-0.15, -0.1) is 0 Å². The lowest BCUT2D eigenvalue weighted by molar-refractivity contribution is 0.205. The summed E-state index contributed by atoms with van der Waals surface area (Å²) in [6, 6.07) is 18.1. The lowest BCUT2D eigenvalue weighted by Crippen LogP contribution is -2.43. The molecule has 0 radical (unpaired) electrons. The van der Waals surface area contributed by atoms with E-state index in [1.807, 2.05) is 42.5 Å². The molecule has 2 aromatic carbocycles.